The quantitative estimate of drug-likeness (QED) is 0.772. The second kappa shape index (κ2) is 7.04. The van der Waals surface area contributed by atoms with Gasteiger partial charge in [-0.3, -0.25) is 4.90 Å². The SMILES string of the molecule is CCc1nc(N2C[C@H]3C[C@@H]2CN3C)ccc1Nc1ncc(C(F)(F)F)c(Cl)n1. The van der Waals surface area contributed by atoms with Gasteiger partial charge in [-0.15, -0.1) is 0 Å². The Bertz CT molecular complexity index is 888. The van der Waals surface area contributed by atoms with Gasteiger partial charge in [0.05, 0.1) is 11.4 Å². The van der Waals surface area contributed by atoms with Crippen LogP contribution < -0.4 is 10.2 Å². The van der Waals surface area contributed by atoms with Crippen LogP contribution >= 0.6 is 11.6 Å². The fourth-order valence-corrected chi connectivity index (χ4v) is 4.15. The number of aromatic nitrogens is 3. The maximum absolute atomic E-state index is 12.8. The second-order valence-corrected chi connectivity index (χ2v) is 7.53. The molecule has 0 radical (unpaired) electrons. The van der Waals surface area contributed by atoms with Gasteiger partial charge in [-0.25, -0.2) is 15.0 Å². The molecule has 2 aromatic rings. The number of halogens is 4. The first-order chi connectivity index (χ1) is 13.3. The van der Waals surface area contributed by atoms with Crippen molar-refractivity contribution in [2.75, 3.05) is 30.4 Å². The maximum Gasteiger partial charge on any atom is 0.420 e. The summed E-state index contributed by atoms with van der Waals surface area (Å²) in [7, 11) is 2.15. The number of pyridine rings is 1. The number of hydrogen-bond donors (Lipinski definition) is 1. The predicted molar refractivity (Wildman–Crippen MR) is 101 cm³/mol. The van der Waals surface area contributed by atoms with Crippen LogP contribution in [0.15, 0.2) is 18.3 Å². The summed E-state index contributed by atoms with van der Waals surface area (Å²) in [6.45, 7) is 3.97. The summed E-state index contributed by atoms with van der Waals surface area (Å²) in [5.74, 6) is 0.929. The average molecular weight is 413 g/mol. The zero-order valence-electron chi connectivity index (χ0n) is 15.5. The van der Waals surface area contributed by atoms with Crippen LogP contribution in [0.3, 0.4) is 0 Å². The number of rotatable bonds is 4. The van der Waals surface area contributed by atoms with E-state index < -0.39 is 16.9 Å². The lowest BCUT2D eigenvalue weighted by molar-refractivity contribution is -0.137. The summed E-state index contributed by atoms with van der Waals surface area (Å²) < 4.78 is 38.4. The van der Waals surface area contributed by atoms with Crippen LogP contribution in [-0.2, 0) is 12.6 Å². The lowest BCUT2D eigenvalue weighted by Gasteiger charge is -2.33. The number of alkyl halides is 3. The summed E-state index contributed by atoms with van der Waals surface area (Å²) in [6.07, 6.45) is -2.09. The van der Waals surface area contributed by atoms with E-state index in [1.54, 1.807) is 0 Å². The highest BCUT2D eigenvalue weighted by Gasteiger charge is 2.42. The molecule has 0 spiro atoms. The third-order valence-corrected chi connectivity index (χ3v) is 5.69. The molecule has 2 saturated heterocycles. The highest BCUT2D eigenvalue weighted by Crippen LogP contribution is 2.35. The van der Waals surface area contributed by atoms with E-state index in [0.717, 1.165) is 31.0 Å². The topological polar surface area (TPSA) is 57.2 Å². The van der Waals surface area contributed by atoms with Gasteiger partial charge in [-0.05, 0) is 32.0 Å². The number of aryl methyl sites for hydroxylation is 1. The van der Waals surface area contributed by atoms with Gasteiger partial charge >= 0.3 is 6.18 Å². The van der Waals surface area contributed by atoms with E-state index in [0.29, 0.717) is 30.4 Å². The largest absolute Gasteiger partial charge is 0.420 e. The van der Waals surface area contributed by atoms with Gasteiger partial charge in [-0.2, -0.15) is 13.2 Å². The molecule has 150 valence electrons. The van der Waals surface area contributed by atoms with Crippen LogP contribution in [0.1, 0.15) is 24.6 Å². The number of likely N-dealkylation sites (N-methyl/N-ethyl adjacent to an activating group) is 1. The number of piperazine rings is 1. The third kappa shape index (κ3) is 3.48. The summed E-state index contributed by atoms with van der Waals surface area (Å²) in [5.41, 5.74) is 0.398. The van der Waals surface area contributed by atoms with Crippen LogP contribution in [0, 0.1) is 0 Å². The van der Waals surface area contributed by atoms with E-state index in [4.69, 9.17) is 16.6 Å². The molecule has 2 fully saturated rings. The molecule has 0 aromatic carbocycles. The molecule has 2 aromatic heterocycles. The molecule has 4 rings (SSSR count). The van der Waals surface area contributed by atoms with Crippen molar-refractivity contribution in [2.24, 2.45) is 0 Å². The van der Waals surface area contributed by atoms with Crippen LogP contribution in [0.25, 0.3) is 0 Å². The molecule has 6 nitrogen and oxygen atoms in total. The Hall–Kier alpha value is -2.13. The molecule has 0 unspecified atom stereocenters. The highest BCUT2D eigenvalue weighted by molar-refractivity contribution is 6.30. The molecule has 2 atom stereocenters. The van der Waals surface area contributed by atoms with Crippen molar-refractivity contribution >= 4 is 29.1 Å². The van der Waals surface area contributed by atoms with Crippen molar-refractivity contribution in [1.82, 2.24) is 19.9 Å². The van der Waals surface area contributed by atoms with Crippen molar-refractivity contribution in [3.8, 4) is 0 Å². The maximum atomic E-state index is 12.8. The zero-order valence-corrected chi connectivity index (χ0v) is 16.2. The van der Waals surface area contributed by atoms with Crippen molar-refractivity contribution in [3.63, 3.8) is 0 Å². The molecule has 0 saturated carbocycles. The number of likely N-dealkylation sites (tertiary alicyclic amines) is 1. The Labute approximate surface area is 165 Å². The predicted octanol–water partition coefficient (Wildman–Crippen LogP) is 3.74. The molecular weight excluding hydrogens is 393 g/mol. The van der Waals surface area contributed by atoms with Crippen LogP contribution in [0.4, 0.5) is 30.6 Å². The first-order valence-electron chi connectivity index (χ1n) is 9.09. The summed E-state index contributed by atoms with van der Waals surface area (Å²) >= 11 is 5.68. The van der Waals surface area contributed by atoms with Crippen molar-refractivity contribution in [2.45, 2.75) is 38.0 Å². The minimum atomic E-state index is -4.59. The number of hydrogen-bond acceptors (Lipinski definition) is 6. The summed E-state index contributed by atoms with van der Waals surface area (Å²) in [4.78, 5) is 17.0. The molecule has 28 heavy (non-hydrogen) atoms. The highest BCUT2D eigenvalue weighted by atomic mass is 35.5. The zero-order chi connectivity index (χ0) is 20.1. The van der Waals surface area contributed by atoms with Crippen LogP contribution in [-0.4, -0.2) is 52.1 Å². The third-order valence-electron chi connectivity index (χ3n) is 5.40. The molecule has 0 aliphatic carbocycles. The van der Waals surface area contributed by atoms with Gasteiger partial charge in [0.15, 0.2) is 0 Å². The van der Waals surface area contributed by atoms with Gasteiger partial charge in [-0.1, -0.05) is 18.5 Å². The molecule has 2 aliphatic rings. The lowest BCUT2D eigenvalue weighted by Crippen LogP contribution is -2.44. The summed E-state index contributed by atoms with van der Waals surface area (Å²) in [5, 5.41) is 2.30. The number of anilines is 3. The van der Waals surface area contributed by atoms with Gasteiger partial charge in [0.1, 0.15) is 16.5 Å². The van der Waals surface area contributed by atoms with Gasteiger partial charge < -0.3 is 10.2 Å². The Balaban J connectivity index is 1.55. The molecule has 0 amide bonds. The van der Waals surface area contributed by atoms with E-state index in [1.165, 1.54) is 0 Å². The Morgan fingerprint density at radius 1 is 1.21 bits per heavy atom. The fourth-order valence-electron chi connectivity index (χ4n) is 3.91. The van der Waals surface area contributed by atoms with E-state index in [9.17, 15) is 13.2 Å². The first-order valence-corrected chi connectivity index (χ1v) is 9.47. The monoisotopic (exact) mass is 412 g/mol. The van der Waals surface area contributed by atoms with Crippen LogP contribution in [0.5, 0.6) is 0 Å². The number of nitrogens with zero attached hydrogens (tertiary/aromatic N) is 5. The normalized spacial score (nSPS) is 22.1. The number of nitrogens with one attached hydrogen (secondary N) is 1. The van der Waals surface area contributed by atoms with Crippen molar-refractivity contribution < 1.29 is 13.2 Å². The fraction of sp³-hybridized carbons (Fsp3) is 0.500. The molecule has 2 bridgehead atoms. The Morgan fingerprint density at radius 2 is 2.00 bits per heavy atom. The molecule has 1 N–H and O–H groups in total. The van der Waals surface area contributed by atoms with E-state index >= 15 is 0 Å². The number of fused-ring (bicyclic) bond motifs is 2. The van der Waals surface area contributed by atoms with E-state index in [-0.39, 0.29) is 5.95 Å². The molecule has 10 heteroatoms. The smallest absolute Gasteiger partial charge is 0.351 e. The van der Waals surface area contributed by atoms with Crippen molar-refractivity contribution in [3.05, 3.63) is 34.7 Å². The van der Waals surface area contributed by atoms with Crippen LogP contribution in [0.2, 0.25) is 5.15 Å². The molecular formula is C18H20ClF3N6. The standard InChI is InChI=1S/C18H20ClF3N6/c1-3-13-14(25-17-23-7-12(16(19)26-17)18(20,21)22)4-5-15(24-13)28-9-10-6-11(28)8-27(10)2/h4-5,7,10-11H,3,6,8-9H2,1-2H3,(H,23,25,26)/t10-,11-/m1/s1. The molecule has 2 aliphatic heterocycles. The summed E-state index contributed by atoms with van der Waals surface area (Å²) in [6, 6.07) is 4.83. The van der Waals surface area contributed by atoms with Gasteiger partial charge in [0.2, 0.25) is 5.95 Å². The second-order valence-electron chi connectivity index (χ2n) is 7.17. The minimum absolute atomic E-state index is 0.00380. The average Bonchev–Trinajstić information content (AvgIpc) is 3.20. The lowest BCUT2D eigenvalue weighted by atomic mass is 10.2. The first kappa shape index (κ1) is 19.2. The Morgan fingerprint density at radius 3 is 2.57 bits per heavy atom. The van der Waals surface area contributed by atoms with Crippen molar-refractivity contribution in [1.29, 1.82) is 0 Å². The minimum Gasteiger partial charge on any atom is -0.351 e. The molecule has 4 heterocycles. The Kier molecular flexibility index (Phi) is 4.83. The van der Waals surface area contributed by atoms with Gasteiger partial charge in [0, 0.05) is 31.4 Å². The van der Waals surface area contributed by atoms with Gasteiger partial charge in [0.25, 0.3) is 0 Å². The van der Waals surface area contributed by atoms with E-state index in [1.807, 2.05) is 19.1 Å². The van der Waals surface area contributed by atoms with E-state index in [2.05, 4.69) is 32.1 Å².